The summed E-state index contributed by atoms with van der Waals surface area (Å²) in [5.74, 6) is -0.631. The number of benzene rings is 2. The van der Waals surface area contributed by atoms with E-state index in [0.29, 0.717) is 28.5 Å². The van der Waals surface area contributed by atoms with Gasteiger partial charge in [-0.25, -0.2) is 0 Å². The minimum absolute atomic E-state index is 0.0220. The Morgan fingerprint density at radius 2 is 1.97 bits per heavy atom. The fourth-order valence-electron chi connectivity index (χ4n) is 4.41. The Morgan fingerprint density at radius 3 is 2.69 bits per heavy atom. The number of carbonyl (C=O) groups is 2. The van der Waals surface area contributed by atoms with Gasteiger partial charge < -0.3 is 14.3 Å². The second kappa shape index (κ2) is 7.57. The number of aliphatic hydroxyl groups is 1. The van der Waals surface area contributed by atoms with Gasteiger partial charge in [-0.2, -0.15) is 0 Å². The summed E-state index contributed by atoms with van der Waals surface area (Å²) >= 11 is 6.09. The number of nitrogens with zero attached hydrogens (tertiary/aromatic N) is 1. The molecule has 0 spiro atoms. The first kappa shape index (κ1) is 20.4. The summed E-state index contributed by atoms with van der Waals surface area (Å²) in [4.78, 5) is 27.7. The quantitative estimate of drug-likeness (QED) is 0.338. The normalized spacial score (nSPS) is 21.7. The van der Waals surface area contributed by atoms with Crippen molar-refractivity contribution < 1.29 is 23.8 Å². The molecule has 1 amide bonds. The molecule has 7 heteroatoms. The number of carbonyl (C=O) groups excluding carboxylic acids is 2. The smallest absolute Gasteiger partial charge is 0.300 e. The van der Waals surface area contributed by atoms with Gasteiger partial charge in [0.1, 0.15) is 29.4 Å². The summed E-state index contributed by atoms with van der Waals surface area (Å²) in [6.45, 7) is 3.78. The maximum absolute atomic E-state index is 13.2. The minimum atomic E-state index is -0.909. The summed E-state index contributed by atoms with van der Waals surface area (Å²) in [5, 5.41) is 11.7. The zero-order chi connectivity index (χ0) is 22.6. The average Bonchev–Trinajstić information content (AvgIpc) is 3.46. The van der Waals surface area contributed by atoms with Crippen molar-refractivity contribution in [1.29, 1.82) is 0 Å². The number of aliphatic hydroxyl groups excluding tert-OH is 1. The molecule has 0 bridgehead atoms. The number of hydrogen-bond acceptors (Lipinski definition) is 5. The molecule has 3 heterocycles. The second-order valence-corrected chi connectivity index (χ2v) is 8.51. The summed E-state index contributed by atoms with van der Waals surface area (Å²) in [6, 6.07) is 12.8. The van der Waals surface area contributed by atoms with Crippen LogP contribution in [0.1, 0.15) is 35.4 Å². The number of ketones is 1. The molecule has 0 aliphatic carbocycles. The summed E-state index contributed by atoms with van der Waals surface area (Å²) in [7, 11) is 0. The number of halogens is 1. The maximum Gasteiger partial charge on any atom is 0.300 e. The monoisotopic (exact) mass is 449 g/mol. The molecule has 2 unspecified atom stereocenters. The van der Waals surface area contributed by atoms with Gasteiger partial charge in [-0.15, -0.1) is 0 Å². The molecule has 0 saturated carbocycles. The van der Waals surface area contributed by atoms with Crippen LogP contribution in [0.15, 0.2) is 64.8 Å². The molecule has 3 aromatic rings. The fraction of sp³-hybridized carbons (Fsp3) is 0.200. The van der Waals surface area contributed by atoms with Gasteiger partial charge in [0.15, 0.2) is 0 Å². The van der Waals surface area contributed by atoms with Crippen LogP contribution in [0.5, 0.6) is 5.75 Å². The molecular weight excluding hydrogens is 430 g/mol. The molecule has 1 N–H and O–H groups in total. The molecule has 162 valence electrons. The van der Waals surface area contributed by atoms with Crippen LogP contribution in [0.3, 0.4) is 0 Å². The van der Waals surface area contributed by atoms with Gasteiger partial charge >= 0.3 is 0 Å². The van der Waals surface area contributed by atoms with Crippen molar-refractivity contribution in [3.8, 4) is 5.75 Å². The van der Waals surface area contributed by atoms with Crippen molar-refractivity contribution in [2.24, 2.45) is 0 Å². The molecule has 1 fully saturated rings. The van der Waals surface area contributed by atoms with Crippen molar-refractivity contribution >= 4 is 34.7 Å². The van der Waals surface area contributed by atoms with Crippen LogP contribution in [0.4, 0.5) is 5.69 Å². The van der Waals surface area contributed by atoms with Crippen LogP contribution in [0.2, 0.25) is 5.02 Å². The van der Waals surface area contributed by atoms with Gasteiger partial charge in [0.2, 0.25) is 0 Å². The first-order chi connectivity index (χ1) is 15.3. The number of ether oxygens (including phenoxy) is 1. The predicted molar refractivity (Wildman–Crippen MR) is 120 cm³/mol. The number of anilines is 1. The number of amides is 1. The highest BCUT2D eigenvalue weighted by atomic mass is 35.5. The van der Waals surface area contributed by atoms with Gasteiger partial charge in [-0.3, -0.25) is 14.5 Å². The Bertz CT molecular complexity index is 1280. The lowest BCUT2D eigenvalue weighted by atomic mass is 9.97. The third-order valence-corrected chi connectivity index (χ3v) is 6.08. The molecule has 0 radical (unpaired) electrons. The molecule has 2 aliphatic rings. The highest BCUT2D eigenvalue weighted by Crippen LogP contribution is 2.44. The molecule has 1 saturated heterocycles. The van der Waals surface area contributed by atoms with Crippen LogP contribution in [-0.2, 0) is 16.0 Å². The number of furan rings is 1. The number of aryl methyl sites for hydroxylation is 1. The van der Waals surface area contributed by atoms with Crippen LogP contribution >= 0.6 is 11.6 Å². The Kier molecular flexibility index (Phi) is 4.82. The largest absolute Gasteiger partial charge is 0.507 e. The van der Waals surface area contributed by atoms with Crippen molar-refractivity contribution in [2.45, 2.75) is 32.4 Å². The highest BCUT2D eigenvalue weighted by Gasteiger charge is 2.48. The summed E-state index contributed by atoms with van der Waals surface area (Å²) in [6.07, 6.45) is 2.22. The van der Waals surface area contributed by atoms with Gasteiger partial charge in [0, 0.05) is 22.7 Å². The predicted octanol–water partition coefficient (Wildman–Crippen LogP) is 5.19. The molecule has 32 heavy (non-hydrogen) atoms. The van der Waals surface area contributed by atoms with E-state index in [1.807, 2.05) is 6.92 Å². The van der Waals surface area contributed by atoms with Gasteiger partial charge in [0.25, 0.3) is 11.7 Å². The number of hydrogen-bond donors (Lipinski definition) is 1. The van der Waals surface area contributed by atoms with Crippen LogP contribution in [0, 0.1) is 6.92 Å². The molecule has 1 aromatic heterocycles. The van der Waals surface area contributed by atoms with Crippen molar-refractivity contribution in [3.63, 3.8) is 0 Å². The molecule has 6 nitrogen and oxygen atoms in total. The second-order valence-electron chi connectivity index (χ2n) is 8.07. The van der Waals surface area contributed by atoms with Crippen LogP contribution in [0.25, 0.3) is 5.76 Å². The van der Waals surface area contributed by atoms with E-state index in [1.165, 1.54) is 11.2 Å². The van der Waals surface area contributed by atoms with Crippen molar-refractivity contribution in [1.82, 2.24) is 0 Å². The van der Waals surface area contributed by atoms with E-state index >= 15 is 0 Å². The minimum Gasteiger partial charge on any atom is -0.507 e. The number of rotatable bonds is 3. The lowest BCUT2D eigenvalue weighted by Crippen LogP contribution is -2.29. The van der Waals surface area contributed by atoms with Gasteiger partial charge in [-0.1, -0.05) is 11.6 Å². The van der Waals surface area contributed by atoms with Gasteiger partial charge in [-0.05, 0) is 73.5 Å². The zero-order valence-corrected chi connectivity index (χ0v) is 18.2. The van der Waals surface area contributed by atoms with Crippen LogP contribution in [-0.4, -0.2) is 22.9 Å². The number of Topliss-reactive ketones (excluding diaryl/α,β-unsaturated/α-hetero) is 1. The standard InChI is InChI=1S/C25H20ClNO5/c1-13-10-17(26)6-7-18(13)27-22(20-4-3-9-31-20)21(24(29)25(27)30)23(28)15-5-8-19-16(12-15)11-14(2)32-19/h3-10,12,14,22,28H,11H2,1-2H3/b23-21-. The van der Waals surface area contributed by atoms with E-state index in [0.717, 1.165) is 16.9 Å². The van der Waals surface area contributed by atoms with E-state index < -0.39 is 17.7 Å². The fourth-order valence-corrected chi connectivity index (χ4v) is 4.64. The topological polar surface area (TPSA) is 80.0 Å². The molecular formula is C25H20ClNO5. The lowest BCUT2D eigenvalue weighted by molar-refractivity contribution is -0.132. The Balaban J connectivity index is 1.68. The third-order valence-electron chi connectivity index (χ3n) is 5.84. The Labute approximate surface area is 189 Å². The van der Waals surface area contributed by atoms with Crippen molar-refractivity contribution in [3.05, 3.63) is 87.8 Å². The van der Waals surface area contributed by atoms with Crippen molar-refractivity contribution in [2.75, 3.05) is 4.90 Å². The van der Waals surface area contributed by atoms with E-state index in [-0.39, 0.29) is 17.4 Å². The molecule has 2 aromatic carbocycles. The molecule has 5 rings (SSSR count). The summed E-state index contributed by atoms with van der Waals surface area (Å²) < 4.78 is 11.3. The number of fused-ring (bicyclic) bond motifs is 1. The lowest BCUT2D eigenvalue weighted by Gasteiger charge is -2.25. The maximum atomic E-state index is 13.2. The average molecular weight is 450 g/mol. The molecule has 2 atom stereocenters. The van der Waals surface area contributed by atoms with E-state index in [1.54, 1.807) is 55.5 Å². The van der Waals surface area contributed by atoms with E-state index in [2.05, 4.69) is 0 Å². The Morgan fingerprint density at radius 1 is 1.16 bits per heavy atom. The van der Waals surface area contributed by atoms with E-state index in [4.69, 9.17) is 20.8 Å². The first-order valence-corrected chi connectivity index (χ1v) is 10.6. The zero-order valence-electron chi connectivity index (χ0n) is 17.5. The molecule has 2 aliphatic heterocycles. The SMILES string of the molecule is Cc1cc(Cl)ccc1N1C(=O)C(=O)/C(=C(\O)c2ccc3c(c2)CC(C)O3)C1c1ccco1. The Hall–Kier alpha value is -3.51. The third kappa shape index (κ3) is 3.19. The summed E-state index contributed by atoms with van der Waals surface area (Å²) in [5.41, 5.74) is 2.61. The highest BCUT2D eigenvalue weighted by molar-refractivity contribution is 6.51. The van der Waals surface area contributed by atoms with Gasteiger partial charge in [0.05, 0.1) is 11.8 Å². The van der Waals surface area contributed by atoms with E-state index in [9.17, 15) is 14.7 Å². The van der Waals surface area contributed by atoms with Crippen LogP contribution < -0.4 is 9.64 Å². The first-order valence-electron chi connectivity index (χ1n) is 10.3.